The molecule has 0 aliphatic rings. The first-order chi connectivity index (χ1) is 8.39. The van der Waals surface area contributed by atoms with Crippen LogP contribution in [0.3, 0.4) is 0 Å². The van der Waals surface area contributed by atoms with Gasteiger partial charge in [-0.15, -0.1) is 0 Å². The zero-order valence-corrected chi connectivity index (χ0v) is 12.3. The lowest BCUT2D eigenvalue weighted by Crippen LogP contribution is -2.45. The van der Waals surface area contributed by atoms with Gasteiger partial charge in [0.15, 0.2) is 5.78 Å². The fourth-order valence-corrected chi connectivity index (χ4v) is 1.76. The highest BCUT2D eigenvalue weighted by Gasteiger charge is 2.30. The number of hydrogen-bond donors (Lipinski definition) is 0. The van der Waals surface area contributed by atoms with Gasteiger partial charge < -0.3 is 0 Å². The van der Waals surface area contributed by atoms with Crippen molar-refractivity contribution in [1.29, 1.82) is 0 Å². The van der Waals surface area contributed by atoms with Crippen molar-refractivity contribution in [1.82, 2.24) is 4.90 Å². The van der Waals surface area contributed by atoms with Gasteiger partial charge in [0, 0.05) is 5.56 Å². The Balaban J connectivity index is 2.82. The van der Waals surface area contributed by atoms with Gasteiger partial charge in [0.2, 0.25) is 0 Å². The van der Waals surface area contributed by atoms with E-state index in [1.807, 2.05) is 45.0 Å². The van der Waals surface area contributed by atoms with Crippen LogP contribution >= 0.6 is 0 Å². The summed E-state index contributed by atoms with van der Waals surface area (Å²) in [6, 6.07) is 8.07. The molecular weight excluding hydrogens is 222 g/mol. The third kappa shape index (κ3) is 3.42. The minimum Gasteiger partial charge on any atom is -0.297 e. The molecule has 100 valence electrons. The number of carbonyl (C=O) groups excluding carboxylic acids is 1. The number of benzene rings is 1. The van der Waals surface area contributed by atoms with E-state index in [9.17, 15) is 4.79 Å². The van der Waals surface area contributed by atoms with Gasteiger partial charge in [0.1, 0.15) is 0 Å². The first-order valence-electron chi connectivity index (χ1n) is 6.70. The van der Waals surface area contributed by atoms with Gasteiger partial charge >= 0.3 is 0 Å². The zero-order chi connectivity index (χ0) is 13.8. The van der Waals surface area contributed by atoms with Crippen molar-refractivity contribution in [2.45, 2.75) is 45.6 Å². The Morgan fingerprint density at radius 3 is 2.17 bits per heavy atom. The van der Waals surface area contributed by atoms with E-state index in [2.05, 4.69) is 19.1 Å². The van der Waals surface area contributed by atoms with Crippen molar-refractivity contribution in [3.63, 3.8) is 0 Å². The molecule has 0 radical (unpaired) electrons. The second-order valence-electron chi connectivity index (χ2n) is 5.58. The second kappa shape index (κ2) is 6.14. The molecule has 0 saturated heterocycles. The van der Waals surface area contributed by atoms with E-state index < -0.39 is 5.54 Å². The van der Waals surface area contributed by atoms with Crippen molar-refractivity contribution in [2.75, 3.05) is 14.1 Å². The summed E-state index contributed by atoms with van der Waals surface area (Å²) < 4.78 is 0. The van der Waals surface area contributed by atoms with Gasteiger partial charge in [-0.2, -0.15) is 0 Å². The number of carbonyl (C=O) groups is 1. The SMILES string of the molecule is CCCCc1ccc(C(=O)C(C)(C)N(C)C)cc1. The van der Waals surface area contributed by atoms with E-state index in [1.165, 1.54) is 18.4 Å². The van der Waals surface area contributed by atoms with Crippen molar-refractivity contribution in [3.8, 4) is 0 Å². The monoisotopic (exact) mass is 247 g/mol. The van der Waals surface area contributed by atoms with Gasteiger partial charge in [0.25, 0.3) is 0 Å². The van der Waals surface area contributed by atoms with Crippen LogP contribution in [0.2, 0.25) is 0 Å². The Bertz CT molecular complexity index is 390. The third-order valence-corrected chi connectivity index (χ3v) is 3.71. The van der Waals surface area contributed by atoms with Crippen LogP contribution in [0.25, 0.3) is 0 Å². The molecule has 0 amide bonds. The average molecular weight is 247 g/mol. The van der Waals surface area contributed by atoms with Gasteiger partial charge in [0.05, 0.1) is 5.54 Å². The summed E-state index contributed by atoms with van der Waals surface area (Å²) in [4.78, 5) is 14.4. The maximum absolute atomic E-state index is 12.4. The largest absolute Gasteiger partial charge is 0.297 e. The smallest absolute Gasteiger partial charge is 0.182 e. The standard InChI is InChI=1S/C16H25NO/c1-6-7-8-13-9-11-14(12-10-13)15(18)16(2,3)17(4)5/h9-12H,6-8H2,1-5H3. The van der Waals surface area contributed by atoms with E-state index in [0.29, 0.717) is 0 Å². The molecule has 0 saturated carbocycles. The number of hydrogen-bond acceptors (Lipinski definition) is 2. The van der Waals surface area contributed by atoms with E-state index in [0.717, 1.165) is 12.0 Å². The maximum Gasteiger partial charge on any atom is 0.182 e. The molecular formula is C16H25NO. The van der Waals surface area contributed by atoms with E-state index >= 15 is 0 Å². The summed E-state index contributed by atoms with van der Waals surface area (Å²) in [5, 5.41) is 0. The zero-order valence-electron chi connectivity index (χ0n) is 12.3. The number of rotatable bonds is 6. The molecule has 0 N–H and O–H groups in total. The van der Waals surface area contributed by atoms with Crippen LogP contribution < -0.4 is 0 Å². The fraction of sp³-hybridized carbons (Fsp3) is 0.562. The lowest BCUT2D eigenvalue weighted by Gasteiger charge is -2.30. The molecule has 0 unspecified atom stereocenters. The number of nitrogens with zero attached hydrogens (tertiary/aromatic N) is 1. The minimum absolute atomic E-state index is 0.176. The van der Waals surface area contributed by atoms with Crippen molar-refractivity contribution in [2.24, 2.45) is 0 Å². The Kier molecular flexibility index (Phi) is 5.09. The molecule has 0 aromatic heterocycles. The van der Waals surface area contributed by atoms with Crippen LogP contribution in [0.15, 0.2) is 24.3 Å². The Morgan fingerprint density at radius 2 is 1.72 bits per heavy atom. The fourth-order valence-electron chi connectivity index (χ4n) is 1.76. The summed E-state index contributed by atoms with van der Waals surface area (Å²) in [6.45, 7) is 6.11. The minimum atomic E-state index is -0.453. The van der Waals surface area contributed by atoms with Gasteiger partial charge in [-0.3, -0.25) is 9.69 Å². The molecule has 0 heterocycles. The van der Waals surface area contributed by atoms with Gasteiger partial charge in [-0.25, -0.2) is 0 Å². The van der Waals surface area contributed by atoms with Gasteiger partial charge in [-0.1, -0.05) is 37.6 Å². The van der Waals surface area contributed by atoms with Crippen LogP contribution in [0.1, 0.15) is 49.5 Å². The second-order valence-corrected chi connectivity index (χ2v) is 5.58. The topological polar surface area (TPSA) is 20.3 Å². The molecule has 0 spiro atoms. The Hall–Kier alpha value is -1.15. The van der Waals surface area contributed by atoms with E-state index in [4.69, 9.17) is 0 Å². The lowest BCUT2D eigenvalue weighted by atomic mass is 9.91. The van der Waals surface area contributed by atoms with Crippen molar-refractivity contribution < 1.29 is 4.79 Å². The molecule has 1 aromatic carbocycles. The number of likely N-dealkylation sites (N-methyl/N-ethyl adjacent to an activating group) is 1. The highest BCUT2D eigenvalue weighted by Crippen LogP contribution is 2.18. The van der Waals surface area contributed by atoms with Crippen molar-refractivity contribution >= 4 is 5.78 Å². The Morgan fingerprint density at radius 1 is 1.17 bits per heavy atom. The predicted octanol–water partition coefficient (Wildman–Crippen LogP) is 3.55. The molecule has 2 nitrogen and oxygen atoms in total. The van der Waals surface area contributed by atoms with E-state index in [1.54, 1.807) is 0 Å². The summed E-state index contributed by atoms with van der Waals surface area (Å²) >= 11 is 0. The van der Waals surface area contributed by atoms with E-state index in [-0.39, 0.29) is 5.78 Å². The van der Waals surface area contributed by atoms with Crippen LogP contribution in [-0.4, -0.2) is 30.3 Å². The molecule has 0 bridgehead atoms. The van der Waals surface area contributed by atoms with Gasteiger partial charge in [-0.05, 0) is 46.3 Å². The van der Waals surface area contributed by atoms with Crippen LogP contribution in [-0.2, 0) is 6.42 Å². The molecule has 0 fully saturated rings. The molecule has 1 aromatic rings. The molecule has 0 aliphatic heterocycles. The molecule has 2 heteroatoms. The molecule has 0 atom stereocenters. The highest BCUT2D eigenvalue weighted by atomic mass is 16.1. The van der Waals surface area contributed by atoms with Crippen LogP contribution in [0, 0.1) is 0 Å². The maximum atomic E-state index is 12.4. The summed E-state index contributed by atoms with van der Waals surface area (Å²) in [5.74, 6) is 0.176. The molecule has 18 heavy (non-hydrogen) atoms. The van der Waals surface area contributed by atoms with Crippen molar-refractivity contribution in [3.05, 3.63) is 35.4 Å². The first-order valence-corrected chi connectivity index (χ1v) is 6.70. The van der Waals surface area contributed by atoms with Crippen LogP contribution in [0.4, 0.5) is 0 Å². The summed E-state index contributed by atoms with van der Waals surface area (Å²) in [6.07, 6.45) is 3.51. The molecule has 0 aliphatic carbocycles. The lowest BCUT2D eigenvalue weighted by molar-refractivity contribution is 0.0755. The normalized spacial score (nSPS) is 11.9. The number of ketones is 1. The highest BCUT2D eigenvalue weighted by molar-refractivity contribution is 6.02. The third-order valence-electron chi connectivity index (χ3n) is 3.71. The summed E-state index contributed by atoms with van der Waals surface area (Å²) in [7, 11) is 3.88. The number of aryl methyl sites for hydroxylation is 1. The Labute approximate surface area is 111 Å². The quantitative estimate of drug-likeness (QED) is 0.716. The number of Topliss-reactive ketones (excluding diaryl/α,β-unsaturated/α-hetero) is 1. The first kappa shape index (κ1) is 14.9. The number of unbranched alkanes of at least 4 members (excludes halogenated alkanes) is 1. The predicted molar refractivity (Wildman–Crippen MR) is 77.2 cm³/mol. The average Bonchev–Trinajstić information content (AvgIpc) is 2.35. The molecule has 1 rings (SSSR count). The summed E-state index contributed by atoms with van der Waals surface area (Å²) in [5.41, 5.74) is 1.66. The van der Waals surface area contributed by atoms with Crippen LogP contribution in [0.5, 0.6) is 0 Å².